The topological polar surface area (TPSA) is 39.1 Å². The molecule has 2 heterocycles. The van der Waals surface area contributed by atoms with E-state index >= 15 is 0 Å². The molecule has 2 atom stereocenters. The van der Waals surface area contributed by atoms with Crippen LogP contribution in [0.2, 0.25) is 0 Å². The minimum atomic E-state index is 0.451. The van der Waals surface area contributed by atoms with Crippen LogP contribution < -0.4 is 5.32 Å². The van der Waals surface area contributed by atoms with Crippen LogP contribution in [0.25, 0.3) is 0 Å². The van der Waals surface area contributed by atoms with Crippen LogP contribution in [-0.2, 0) is 18.3 Å². The summed E-state index contributed by atoms with van der Waals surface area (Å²) in [7, 11) is 2.01. The summed E-state index contributed by atoms with van der Waals surface area (Å²) in [6.07, 6.45) is 5.11. The first-order valence-corrected chi connectivity index (χ1v) is 7.45. The van der Waals surface area contributed by atoms with Crippen molar-refractivity contribution in [2.24, 2.45) is 7.05 Å². The SMILES string of the molecule is CCCC1CC(NCc2c(C)nn(C)c2C)CCO1. The van der Waals surface area contributed by atoms with Crippen molar-refractivity contribution in [3.8, 4) is 0 Å². The third kappa shape index (κ3) is 3.57. The number of rotatable bonds is 5. The minimum Gasteiger partial charge on any atom is -0.378 e. The van der Waals surface area contributed by atoms with Crippen molar-refractivity contribution in [2.75, 3.05) is 6.61 Å². The number of ether oxygens (including phenoxy) is 1. The monoisotopic (exact) mass is 265 g/mol. The molecule has 108 valence electrons. The number of hydrogen-bond donors (Lipinski definition) is 1. The van der Waals surface area contributed by atoms with E-state index in [1.807, 2.05) is 11.7 Å². The molecular formula is C15H27N3O. The molecule has 4 heteroatoms. The average molecular weight is 265 g/mol. The molecule has 2 rings (SSSR count). The van der Waals surface area contributed by atoms with Crippen LogP contribution in [0.3, 0.4) is 0 Å². The van der Waals surface area contributed by atoms with E-state index in [1.165, 1.54) is 24.1 Å². The maximum Gasteiger partial charge on any atom is 0.0641 e. The Bertz CT molecular complexity index is 412. The molecule has 19 heavy (non-hydrogen) atoms. The van der Waals surface area contributed by atoms with Gasteiger partial charge in [0.25, 0.3) is 0 Å². The highest BCUT2D eigenvalue weighted by Crippen LogP contribution is 2.19. The molecule has 1 aromatic rings. The Labute approximate surface area is 116 Å². The Hall–Kier alpha value is -0.870. The molecule has 2 unspecified atom stereocenters. The summed E-state index contributed by atoms with van der Waals surface area (Å²) in [5, 5.41) is 8.16. The lowest BCUT2D eigenvalue weighted by molar-refractivity contribution is -0.00343. The third-order valence-electron chi connectivity index (χ3n) is 4.20. The van der Waals surface area contributed by atoms with Crippen molar-refractivity contribution >= 4 is 0 Å². The molecule has 1 aromatic heterocycles. The number of nitrogens with one attached hydrogen (secondary N) is 1. The van der Waals surface area contributed by atoms with Crippen molar-refractivity contribution in [2.45, 2.75) is 65.1 Å². The van der Waals surface area contributed by atoms with Crippen LogP contribution >= 0.6 is 0 Å². The fourth-order valence-electron chi connectivity index (χ4n) is 2.91. The van der Waals surface area contributed by atoms with Crippen LogP contribution in [-0.4, -0.2) is 28.5 Å². The lowest BCUT2D eigenvalue weighted by Crippen LogP contribution is -2.38. The lowest BCUT2D eigenvalue weighted by Gasteiger charge is -2.30. The second-order valence-electron chi connectivity index (χ2n) is 5.66. The first-order chi connectivity index (χ1) is 9.11. The molecular weight excluding hydrogens is 238 g/mol. The molecule has 1 N–H and O–H groups in total. The van der Waals surface area contributed by atoms with Crippen molar-refractivity contribution in [3.05, 3.63) is 17.0 Å². The van der Waals surface area contributed by atoms with Crippen LogP contribution in [0, 0.1) is 13.8 Å². The second kappa shape index (κ2) is 6.53. The van der Waals surface area contributed by atoms with Gasteiger partial charge >= 0.3 is 0 Å². The molecule has 0 amide bonds. The summed E-state index contributed by atoms with van der Waals surface area (Å²) in [5.41, 5.74) is 3.76. The zero-order chi connectivity index (χ0) is 13.8. The number of aryl methyl sites for hydroxylation is 2. The minimum absolute atomic E-state index is 0.451. The molecule has 0 radical (unpaired) electrons. The van der Waals surface area contributed by atoms with E-state index in [4.69, 9.17) is 4.74 Å². The van der Waals surface area contributed by atoms with Gasteiger partial charge in [-0.15, -0.1) is 0 Å². The van der Waals surface area contributed by atoms with E-state index in [0.717, 1.165) is 31.7 Å². The van der Waals surface area contributed by atoms with Gasteiger partial charge in [-0.05, 0) is 33.1 Å². The van der Waals surface area contributed by atoms with Crippen molar-refractivity contribution in [3.63, 3.8) is 0 Å². The van der Waals surface area contributed by atoms with Gasteiger partial charge in [0.15, 0.2) is 0 Å². The van der Waals surface area contributed by atoms with E-state index in [9.17, 15) is 0 Å². The predicted octanol–water partition coefficient (Wildman–Crippen LogP) is 2.47. The van der Waals surface area contributed by atoms with Crippen LogP contribution in [0.5, 0.6) is 0 Å². The van der Waals surface area contributed by atoms with E-state index in [1.54, 1.807) is 0 Å². The highest BCUT2D eigenvalue weighted by molar-refractivity contribution is 5.24. The van der Waals surface area contributed by atoms with Gasteiger partial charge in [0.1, 0.15) is 0 Å². The highest BCUT2D eigenvalue weighted by Gasteiger charge is 2.22. The summed E-state index contributed by atoms with van der Waals surface area (Å²) in [4.78, 5) is 0. The maximum absolute atomic E-state index is 5.80. The normalized spacial score (nSPS) is 23.8. The molecule has 1 aliphatic rings. The summed E-state index contributed by atoms with van der Waals surface area (Å²) >= 11 is 0. The number of hydrogen-bond acceptors (Lipinski definition) is 3. The Balaban J connectivity index is 1.88. The van der Waals surface area contributed by atoms with Gasteiger partial charge in [0.2, 0.25) is 0 Å². The van der Waals surface area contributed by atoms with Gasteiger partial charge in [-0.2, -0.15) is 5.10 Å². The first-order valence-electron chi connectivity index (χ1n) is 7.45. The fourth-order valence-corrected chi connectivity index (χ4v) is 2.91. The largest absolute Gasteiger partial charge is 0.378 e. The summed E-state index contributed by atoms with van der Waals surface area (Å²) in [6, 6.07) is 0.587. The molecule has 1 saturated heterocycles. The van der Waals surface area contributed by atoms with Gasteiger partial charge < -0.3 is 10.1 Å². The Morgan fingerprint density at radius 1 is 1.42 bits per heavy atom. The molecule has 1 aliphatic heterocycles. The molecule has 0 aromatic carbocycles. The summed E-state index contributed by atoms with van der Waals surface area (Å²) in [6.45, 7) is 8.28. The van der Waals surface area contributed by atoms with E-state index in [0.29, 0.717) is 12.1 Å². The molecule has 4 nitrogen and oxygen atoms in total. The third-order valence-corrected chi connectivity index (χ3v) is 4.20. The summed E-state index contributed by atoms with van der Waals surface area (Å²) in [5.74, 6) is 0. The summed E-state index contributed by atoms with van der Waals surface area (Å²) < 4.78 is 7.76. The van der Waals surface area contributed by atoms with Crippen LogP contribution in [0.15, 0.2) is 0 Å². The number of nitrogens with zero attached hydrogens (tertiary/aromatic N) is 2. The van der Waals surface area contributed by atoms with Crippen molar-refractivity contribution in [1.29, 1.82) is 0 Å². The van der Waals surface area contributed by atoms with E-state index in [-0.39, 0.29) is 0 Å². The molecule has 1 fully saturated rings. The van der Waals surface area contributed by atoms with Gasteiger partial charge in [0, 0.05) is 37.5 Å². The fraction of sp³-hybridized carbons (Fsp3) is 0.800. The standard InChI is InChI=1S/C15H27N3O/c1-5-6-14-9-13(7-8-19-14)16-10-15-11(2)17-18(4)12(15)3/h13-14,16H,5-10H2,1-4H3. The van der Waals surface area contributed by atoms with Gasteiger partial charge in [-0.1, -0.05) is 13.3 Å². The maximum atomic E-state index is 5.80. The van der Waals surface area contributed by atoms with Gasteiger partial charge in [0.05, 0.1) is 11.8 Å². The lowest BCUT2D eigenvalue weighted by atomic mass is 10.00. The van der Waals surface area contributed by atoms with Crippen molar-refractivity contribution in [1.82, 2.24) is 15.1 Å². The van der Waals surface area contributed by atoms with Gasteiger partial charge in [-0.3, -0.25) is 4.68 Å². The van der Waals surface area contributed by atoms with Crippen molar-refractivity contribution < 1.29 is 4.74 Å². The van der Waals surface area contributed by atoms with E-state index in [2.05, 4.69) is 31.2 Å². The Morgan fingerprint density at radius 2 is 2.21 bits per heavy atom. The Morgan fingerprint density at radius 3 is 2.84 bits per heavy atom. The number of aromatic nitrogens is 2. The van der Waals surface area contributed by atoms with Crippen LogP contribution in [0.4, 0.5) is 0 Å². The smallest absolute Gasteiger partial charge is 0.0641 e. The first kappa shape index (κ1) is 14.5. The van der Waals surface area contributed by atoms with Crippen LogP contribution in [0.1, 0.15) is 49.6 Å². The van der Waals surface area contributed by atoms with Gasteiger partial charge in [-0.25, -0.2) is 0 Å². The Kier molecular flexibility index (Phi) is 4.99. The quantitative estimate of drug-likeness (QED) is 0.889. The zero-order valence-electron chi connectivity index (χ0n) is 12.7. The molecule has 0 aliphatic carbocycles. The average Bonchev–Trinajstić information content (AvgIpc) is 2.62. The second-order valence-corrected chi connectivity index (χ2v) is 5.66. The van der Waals surface area contributed by atoms with E-state index < -0.39 is 0 Å². The highest BCUT2D eigenvalue weighted by atomic mass is 16.5. The molecule has 0 bridgehead atoms. The molecule has 0 spiro atoms. The molecule has 0 saturated carbocycles. The zero-order valence-corrected chi connectivity index (χ0v) is 12.7. The predicted molar refractivity (Wildman–Crippen MR) is 77.2 cm³/mol.